The first-order valence-electron chi connectivity index (χ1n) is 3.92. The Bertz CT molecular complexity index is 384. The lowest BCUT2D eigenvalue weighted by atomic mass is 10.2. The third kappa shape index (κ3) is 2.57. The van der Waals surface area contributed by atoms with Crippen LogP contribution >= 0.6 is 39.1 Å². The molecule has 74 valence electrons. The Labute approximate surface area is 102 Å². The lowest BCUT2D eigenvalue weighted by Crippen LogP contribution is -2.12. The second kappa shape index (κ2) is 4.93. The molecule has 1 aromatic rings. The molecule has 0 heterocycles. The number of benzene rings is 1. The third-order valence-electron chi connectivity index (χ3n) is 1.66. The van der Waals surface area contributed by atoms with Gasteiger partial charge in [0.15, 0.2) is 0 Å². The molecule has 0 radical (unpaired) electrons. The molecule has 1 atom stereocenters. The number of nitrogens with one attached hydrogen (secondary N) is 1. The average Bonchev–Trinajstić information content (AvgIpc) is 2.19. The van der Waals surface area contributed by atoms with E-state index in [9.17, 15) is 0 Å². The standard InChI is InChI=1S/C10H8BrCl2N/c1-3-6(2)14-8-5-4-7(11)9(12)10(8)13/h1,4-6,14H,2H3. The Balaban J connectivity index is 3.01. The number of halogens is 3. The minimum Gasteiger partial charge on any atom is -0.371 e. The van der Waals surface area contributed by atoms with Crippen LogP contribution in [0.3, 0.4) is 0 Å². The molecule has 4 heteroatoms. The molecule has 0 aliphatic carbocycles. The summed E-state index contributed by atoms with van der Waals surface area (Å²) in [6.07, 6.45) is 5.24. The predicted octanol–water partition coefficient (Wildman–Crippen LogP) is 4.19. The third-order valence-corrected chi connectivity index (χ3v) is 3.43. The van der Waals surface area contributed by atoms with E-state index < -0.39 is 0 Å². The molecule has 1 aromatic carbocycles. The van der Waals surface area contributed by atoms with Crippen molar-refractivity contribution in [3.05, 3.63) is 26.7 Å². The normalized spacial score (nSPS) is 11.9. The molecule has 0 aliphatic rings. The second-order valence-electron chi connectivity index (χ2n) is 2.76. The van der Waals surface area contributed by atoms with Gasteiger partial charge in [-0.25, -0.2) is 0 Å². The van der Waals surface area contributed by atoms with E-state index in [1.807, 2.05) is 19.1 Å². The first-order chi connectivity index (χ1) is 6.56. The topological polar surface area (TPSA) is 12.0 Å². The fourth-order valence-electron chi connectivity index (χ4n) is 0.912. The van der Waals surface area contributed by atoms with Crippen LogP contribution in [0.1, 0.15) is 6.92 Å². The quantitative estimate of drug-likeness (QED) is 0.637. The Kier molecular flexibility index (Phi) is 4.12. The zero-order valence-electron chi connectivity index (χ0n) is 7.44. The average molecular weight is 293 g/mol. The van der Waals surface area contributed by atoms with Gasteiger partial charge in [-0.2, -0.15) is 0 Å². The van der Waals surface area contributed by atoms with Gasteiger partial charge in [-0.05, 0) is 35.0 Å². The highest BCUT2D eigenvalue weighted by Crippen LogP contribution is 2.35. The van der Waals surface area contributed by atoms with Crippen LogP contribution in [0.2, 0.25) is 10.0 Å². The Morgan fingerprint density at radius 1 is 1.43 bits per heavy atom. The summed E-state index contributed by atoms with van der Waals surface area (Å²) < 4.78 is 0.767. The summed E-state index contributed by atoms with van der Waals surface area (Å²) in [5.41, 5.74) is 0.741. The van der Waals surface area contributed by atoms with Crippen molar-refractivity contribution in [3.63, 3.8) is 0 Å². The number of anilines is 1. The maximum atomic E-state index is 6.01. The molecule has 0 spiro atoms. The summed E-state index contributed by atoms with van der Waals surface area (Å²) >= 11 is 15.2. The van der Waals surface area contributed by atoms with Crippen molar-refractivity contribution in [2.75, 3.05) is 5.32 Å². The predicted molar refractivity (Wildman–Crippen MR) is 66.1 cm³/mol. The van der Waals surface area contributed by atoms with Crippen molar-refractivity contribution < 1.29 is 0 Å². The van der Waals surface area contributed by atoms with Crippen molar-refractivity contribution in [2.24, 2.45) is 0 Å². The van der Waals surface area contributed by atoms with Crippen molar-refractivity contribution in [3.8, 4) is 12.3 Å². The number of hydrogen-bond donors (Lipinski definition) is 1. The summed E-state index contributed by atoms with van der Waals surface area (Å²) in [7, 11) is 0. The largest absolute Gasteiger partial charge is 0.371 e. The summed E-state index contributed by atoms with van der Waals surface area (Å²) in [6.45, 7) is 1.87. The van der Waals surface area contributed by atoms with Crippen LogP contribution in [-0.4, -0.2) is 6.04 Å². The fraction of sp³-hybridized carbons (Fsp3) is 0.200. The van der Waals surface area contributed by atoms with Crippen LogP contribution in [-0.2, 0) is 0 Å². The maximum absolute atomic E-state index is 6.01. The van der Waals surface area contributed by atoms with Gasteiger partial charge in [-0.1, -0.05) is 29.1 Å². The molecule has 1 unspecified atom stereocenters. The molecule has 0 amide bonds. The Hall–Kier alpha value is -0.360. The van der Waals surface area contributed by atoms with E-state index in [4.69, 9.17) is 29.6 Å². The molecule has 0 saturated carbocycles. The molecule has 1 N–H and O–H groups in total. The fourth-order valence-corrected chi connectivity index (χ4v) is 1.74. The van der Waals surface area contributed by atoms with Crippen molar-refractivity contribution in [1.82, 2.24) is 0 Å². The van der Waals surface area contributed by atoms with Gasteiger partial charge in [0.25, 0.3) is 0 Å². The number of hydrogen-bond acceptors (Lipinski definition) is 1. The Morgan fingerprint density at radius 2 is 2.07 bits per heavy atom. The minimum absolute atomic E-state index is 0.0789. The highest BCUT2D eigenvalue weighted by atomic mass is 79.9. The zero-order valence-corrected chi connectivity index (χ0v) is 10.5. The zero-order chi connectivity index (χ0) is 10.7. The highest BCUT2D eigenvalue weighted by molar-refractivity contribution is 9.10. The van der Waals surface area contributed by atoms with E-state index in [0.29, 0.717) is 10.0 Å². The van der Waals surface area contributed by atoms with E-state index in [0.717, 1.165) is 10.2 Å². The van der Waals surface area contributed by atoms with Crippen molar-refractivity contribution >= 4 is 44.8 Å². The minimum atomic E-state index is -0.0789. The van der Waals surface area contributed by atoms with E-state index >= 15 is 0 Å². The number of terminal acetylenes is 1. The van der Waals surface area contributed by atoms with E-state index in [1.165, 1.54) is 0 Å². The van der Waals surface area contributed by atoms with Gasteiger partial charge >= 0.3 is 0 Å². The summed E-state index contributed by atoms with van der Waals surface area (Å²) in [4.78, 5) is 0. The van der Waals surface area contributed by atoms with Gasteiger partial charge in [-0.3, -0.25) is 0 Å². The van der Waals surface area contributed by atoms with Crippen LogP contribution in [0.5, 0.6) is 0 Å². The van der Waals surface area contributed by atoms with Crippen LogP contribution in [0, 0.1) is 12.3 Å². The van der Waals surface area contributed by atoms with E-state index in [2.05, 4.69) is 27.2 Å². The molecular formula is C10H8BrCl2N. The van der Waals surface area contributed by atoms with Gasteiger partial charge in [0.1, 0.15) is 0 Å². The molecule has 1 nitrogen and oxygen atoms in total. The molecular weight excluding hydrogens is 285 g/mol. The molecule has 0 aliphatic heterocycles. The van der Waals surface area contributed by atoms with Gasteiger partial charge in [-0.15, -0.1) is 6.42 Å². The lowest BCUT2D eigenvalue weighted by molar-refractivity contribution is 1.04. The summed E-state index contributed by atoms with van der Waals surface area (Å²) in [6, 6.07) is 3.57. The van der Waals surface area contributed by atoms with Crippen LogP contribution in [0.4, 0.5) is 5.69 Å². The van der Waals surface area contributed by atoms with Gasteiger partial charge in [0, 0.05) is 4.47 Å². The number of rotatable bonds is 2. The summed E-state index contributed by atoms with van der Waals surface area (Å²) in [5, 5.41) is 4.02. The van der Waals surface area contributed by atoms with Crippen molar-refractivity contribution in [2.45, 2.75) is 13.0 Å². The molecule has 1 rings (SSSR count). The van der Waals surface area contributed by atoms with E-state index in [1.54, 1.807) is 0 Å². The van der Waals surface area contributed by atoms with E-state index in [-0.39, 0.29) is 6.04 Å². The SMILES string of the molecule is C#CC(C)Nc1ccc(Br)c(Cl)c1Cl. The van der Waals surface area contributed by atoms with Gasteiger partial charge in [0.05, 0.1) is 21.8 Å². The summed E-state index contributed by atoms with van der Waals surface area (Å²) in [5.74, 6) is 2.55. The van der Waals surface area contributed by atoms with Crippen LogP contribution < -0.4 is 5.32 Å². The Morgan fingerprint density at radius 3 is 2.64 bits per heavy atom. The first-order valence-corrected chi connectivity index (χ1v) is 5.47. The highest BCUT2D eigenvalue weighted by Gasteiger charge is 2.09. The lowest BCUT2D eigenvalue weighted by Gasteiger charge is -2.12. The smallest absolute Gasteiger partial charge is 0.0846 e. The van der Waals surface area contributed by atoms with Gasteiger partial charge in [0.2, 0.25) is 0 Å². The van der Waals surface area contributed by atoms with Crippen LogP contribution in [0.15, 0.2) is 16.6 Å². The monoisotopic (exact) mass is 291 g/mol. The molecule has 14 heavy (non-hydrogen) atoms. The maximum Gasteiger partial charge on any atom is 0.0846 e. The van der Waals surface area contributed by atoms with Crippen LogP contribution in [0.25, 0.3) is 0 Å². The van der Waals surface area contributed by atoms with Gasteiger partial charge < -0.3 is 5.32 Å². The van der Waals surface area contributed by atoms with Crippen molar-refractivity contribution in [1.29, 1.82) is 0 Å². The molecule has 0 bridgehead atoms. The first kappa shape index (κ1) is 11.7. The molecule has 0 saturated heterocycles. The molecule has 0 aromatic heterocycles. The molecule has 0 fully saturated rings. The second-order valence-corrected chi connectivity index (χ2v) is 4.37.